The molecule has 0 aromatic heterocycles. The molecule has 2 fully saturated rings. The number of nitrogens with zero attached hydrogens (tertiary/aromatic N) is 1. The average Bonchev–Trinajstić information content (AvgIpc) is 2.81. The van der Waals surface area contributed by atoms with Crippen molar-refractivity contribution in [3.05, 3.63) is 29.8 Å². The number of hydrogen-bond acceptors (Lipinski definition) is 3. The van der Waals surface area contributed by atoms with Crippen molar-refractivity contribution >= 4 is 11.9 Å². The molecule has 1 aliphatic carbocycles. The summed E-state index contributed by atoms with van der Waals surface area (Å²) >= 11 is 0. The van der Waals surface area contributed by atoms with Gasteiger partial charge in [0.25, 0.3) is 5.91 Å². The maximum atomic E-state index is 12.8. The van der Waals surface area contributed by atoms with E-state index >= 15 is 0 Å². The Balaban J connectivity index is 1.58. The predicted molar refractivity (Wildman–Crippen MR) is 91.9 cm³/mol. The zero-order chi connectivity index (χ0) is 17.2. The summed E-state index contributed by atoms with van der Waals surface area (Å²) in [6.45, 7) is 4.48. The number of imide groups is 1. The van der Waals surface area contributed by atoms with Crippen LogP contribution in [-0.4, -0.2) is 35.5 Å². The standard InChI is InChI=1S/C19H26N2O3/c1-14-8-10-16(11-9-14)24-13-12-21-17(22)19(2,20-18(21)23)15-6-4-3-5-7-15/h8-11,15H,3-7,12-13H2,1-2H3,(H,20,23). The molecule has 1 atom stereocenters. The van der Waals surface area contributed by atoms with E-state index in [1.807, 2.05) is 38.1 Å². The molecule has 3 amide bonds. The summed E-state index contributed by atoms with van der Waals surface area (Å²) < 4.78 is 5.66. The minimum Gasteiger partial charge on any atom is -0.492 e. The molecule has 24 heavy (non-hydrogen) atoms. The Morgan fingerprint density at radius 3 is 2.50 bits per heavy atom. The number of urea groups is 1. The van der Waals surface area contributed by atoms with Crippen molar-refractivity contribution < 1.29 is 14.3 Å². The van der Waals surface area contributed by atoms with Crippen LogP contribution in [0.3, 0.4) is 0 Å². The molecule has 2 aliphatic rings. The Morgan fingerprint density at radius 2 is 1.83 bits per heavy atom. The van der Waals surface area contributed by atoms with Crippen LogP contribution in [0.1, 0.15) is 44.6 Å². The van der Waals surface area contributed by atoms with Gasteiger partial charge in [-0.2, -0.15) is 0 Å². The van der Waals surface area contributed by atoms with Gasteiger partial charge in [0.1, 0.15) is 17.9 Å². The number of nitrogens with one attached hydrogen (secondary N) is 1. The molecule has 5 nitrogen and oxygen atoms in total. The van der Waals surface area contributed by atoms with Crippen LogP contribution in [0.25, 0.3) is 0 Å². The summed E-state index contributed by atoms with van der Waals surface area (Å²) in [5, 5.41) is 2.94. The van der Waals surface area contributed by atoms with E-state index in [1.165, 1.54) is 16.9 Å². The molecule has 5 heteroatoms. The number of carbonyl (C=O) groups excluding carboxylic acids is 2. The topological polar surface area (TPSA) is 58.6 Å². The quantitative estimate of drug-likeness (QED) is 0.843. The second-order valence-electron chi connectivity index (χ2n) is 7.09. The first-order chi connectivity index (χ1) is 11.5. The van der Waals surface area contributed by atoms with Gasteiger partial charge in [-0.05, 0) is 44.7 Å². The van der Waals surface area contributed by atoms with Crippen molar-refractivity contribution in [3.8, 4) is 5.75 Å². The second-order valence-corrected chi connectivity index (χ2v) is 7.09. The van der Waals surface area contributed by atoms with Gasteiger partial charge in [0, 0.05) is 0 Å². The third-order valence-electron chi connectivity index (χ3n) is 5.33. The maximum absolute atomic E-state index is 12.8. The van der Waals surface area contributed by atoms with E-state index in [0.29, 0.717) is 6.61 Å². The highest BCUT2D eigenvalue weighted by Crippen LogP contribution is 2.36. The molecule has 1 saturated heterocycles. The fourth-order valence-corrected chi connectivity index (χ4v) is 3.76. The first-order valence-corrected chi connectivity index (χ1v) is 8.84. The van der Waals surface area contributed by atoms with Gasteiger partial charge in [-0.1, -0.05) is 37.0 Å². The van der Waals surface area contributed by atoms with Gasteiger partial charge in [-0.3, -0.25) is 9.69 Å². The van der Waals surface area contributed by atoms with Gasteiger partial charge in [0.2, 0.25) is 0 Å². The second kappa shape index (κ2) is 6.83. The molecule has 0 spiro atoms. The monoisotopic (exact) mass is 330 g/mol. The summed E-state index contributed by atoms with van der Waals surface area (Å²) in [5.74, 6) is 0.889. The largest absolute Gasteiger partial charge is 0.492 e. The van der Waals surface area contributed by atoms with E-state index in [9.17, 15) is 9.59 Å². The number of benzene rings is 1. The van der Waals surface area contributed by atoms with E-state index in [1.54, 1.807) is 0 Å². The fraction of sp³-hybridized carbons (Fsp3) is 0.579. The molecule has 1 aromatic carbocycles. The lowest BCUT2D eigenvalue weighted by atomic mass is 9.75. The molecule has 1 heterocycles. The Hall–Kier alpha value is -2.04. The smallest absolute Gasteiger partial charge is 0.325 e. The predicted octanol–water partition coefficient (Wildman–Crippen LogP) is 3.26. The highest BCUT2D eigenvalue weighted by Gasteiger charge is 2.52. The number of amides is 3. The normalized spacial score (nSPS) is 25.0. The van der Waals surface area contributed by atoms with Crippen LogP contribution in [-0.2, 0) is 4.79 Å². The Morgan fingerprint density at radius 1 is 1.17 bits per heavy atom. The van der Waals surface area contributed by atoms with Crippen molar-refractivity contribution in [1.82, 2.24) is 10.2 Å². The fourth-order valence-electron chi connectivity index (χ4n) is 3.76. The van der Waals surface area contributed by atoms with Crippen LogP contribution >= 0.6 is 0 Å². The minimum absolute atomic E-state index is 0.105. The van der Waals surface area contributed by atoms with Crippen LogP contribution in [0, 0.1) is 12.8 Å². The lowest BCUT2D eigenvalue weighted by Crippen LogP contribution is -2.51. The van der Waals surface area contributed by atoms with Crippen LogP contribution in [0.2, 0.25) is 0 Å². The molecule has 1 N–H and O–H groups in total. The summed E-state index contributed by atoms with van der Waals surface area (Å²) in [5.41, 5.74) is 0.418. The maximum Gasteiger partial charge on any atom is 0.325 e. The Bertz CT molecular complexity index is 608. The average molecular weight is 330 g/mol. The first-order valence-electron chi connectivity index (χ1n) is 8.84. The molecule has 1 unspecified atom stereocenters. The third-order valence-corrected chi connectivity index (χ3v) is 5.33. The highest BCUT2D eigenvalue weighted by atomic mass is 16.5. The molecule has 3 rings (SSSR count). The first kappa shape index (κ1) is 16.8. The van der Waals surface area contributed by atoms with Crippen molar-refractivity contribution in [1.29, 1.82) is 0 Å². The molecule has 130 valence electrons. The zero-order valence-corrected chi connectivity index (χ0v) is 14.5. The van der Waals surface area contributed by atoms with E-state index in [-0.39, 0.29) is 24.4 Å². The molecular formula is C19H26N2O3. The zero-order valence-electron chi connectivity index (χ0n) is 14.5. The number of rotatable bonds is 5. The summed E-state index contributed by atoms with van der Waals surface area (Å²) in [6.07, 6.45) is 5.52. The van der Waals surface area contributed by atoms with Crippen LogP contribution in [0.15, 0.2) is 24.3 Å². The molecule has 1 aliphatic heterocycles. The van der Waals surface area contributed by atoms with E-state index in [0.717, 1.165) is 31.4 Å². The van der Waals surface area contributed by atoms with Crippen molar-refractivity contribution in [2.24, 2.45) is 5.92 Å². The van der Waals surface area contributed by atoms with Gasteiger partial charge >= 0.3 is 6.03 Å². The number of hydrogen-bond donors (Lipinski definition) is 1. The van der Waals surface area contributed by atoms with Gasteiger partial charge < -0.3 is 10.1 Å². The number of ether oxygens (including phenoxy) is 1. The van der Waals surface area contributed by atoms with Crippen LogP contribution in [0.4, 0.5) is 4.79 Å². The van der Waals surface area contributed by atoms with Crippen molar-refractivity contribution in [2.75, 3.05) is 13.2 Å². The van der Waals surface area contributed by atoms with Crippen molar-refractivity contribution in [2.45, 2.75) is 51.5 Å². The Labute approximate surface area is 143 Å². The van der Waals surface area contributed by atoms with E-state index in [2.05, 4.69) is 5.32 Å². The van der Waals surface area contributed by atoms with Crippen molar-refractivity contribution in [3.63, 3.8) is 0 Å². The lowest BCUT2D eigenvalue weighted by Gasteiger charge is -2.34. The highest BCUT2D eigenvalue weighted by molar-refractivity contribution is 6.07. The molecule has 0 radical (unpaired) electrons. The van der Waals surface area contributed by atoms with Gasteiger partial charge in [-0.15, -0.1) is 0 Å². The van der Waals surface area contributed by atoms with E-state index in [4.69, 9.17) is 4.74 Å². The van der Waals surface area contributed by atoms with E-state index < -0.39 is 5.54 Å². The van der Waals surface area contributed by atoms with Gasteiger partial charge in [-0.25, -0.2) is 4.79 Å². The molecular weight excluding hydrogens is 304 g/mol. The minimum atomic E-state index is -0.749. The SMILES string of the molecule is Cc1ccc(OCCN2C(=O)NC(C)(C3CCCCC3)C2=O)cc1. The summed E-state index contributed by atoms with van der Waals surface area (Å²) in [4.78, 5) is 26.4. The Kier molecular flexibility index (Phi) is 4.78. The van der Waals surface area contributed by atoms with Gasteiger partial charge in [0.05, 0.1) is 6.54 Å². The molecule has 1 aromatic rings. The van der Waals surface area contributed by atoms with Gasteiger partial charge in [0.15, 0.2) is 0 Å². The number of aryl methyl sites for hydroxylation is 1. The third kappa shape index (κ3) is 3.25. The summed E-state index contributed by atoms with van der Waals surface area (Å²) in [6, 6.07) is 7.45. The number of carbonyl (C=O) groups is 2. The van der Waals surface area contributed by atoms with Crippen LogP contribution in [0.5, 0.6) is 5.75 Å². The van der Waals surface area contributed by atoms with Crippen LogP contribution < -0.4 is 10.1 Å². The molecule has 1 saturated carbocycles. The summed E-state index contributed by atoms with van der Waals surface area (Å²) in [7, 11) is 0. The lowest BCUT2D eigenvalue weighted by molar-refractivity contribution is -0.133. The molecule has 0 bridgehead atoms.